The van der Waals surface area contributed by atoms with Crippen molar-refractivity contribution in [1.82, 2.24) is 9.97 Å². The number of aromatic nitrogens is 2. The van der Waals surface area contributed by atoms with Crippen molar-refractivity contribution in [2.24, 2.45) is 0 Å². The normalized spacial score (nSPS) is 10.7. The molecule has 1 N–H and O–H groups in total. The molecular weight excluding hydrogens is 230 g/mol. The fraction of sp³-hybridized carbons (Fsp3) is 0.385. The molecule has 2 heterocycles. The molecule has 2 aromatic rings. The van der Waals surface area contributed by atoms with Crippen LogP contribution in [0.1, 0.15) is 25.4 Å². The number of nitrogens with one attached hydrogen (secondary N) is 1. The summed E-state index contributed by atoms with van der Waals surface area (Å²) >= 11 is 0. The second-order valence-electron chi connectivity index (χ2n) is 4.25. The van der Waals surface area contributed by atoms with Gasteiger partial charge in [0.05, 0.1) is 12.6 Å². The highest BCUT2D eigenvalue weighted by atomic mass is 16.5. The maximum atomic E-state index is 5.50. The van der Waals surface area contributed by atoms with E-state index in [1.807, 2.05) is 32.9 Å². The molecule has 0 atom stereocenters. The standard InChI is InChI=1S/C13H17N3O2/c1-9(2)17-12-6-7-14-13(16-12)15-8-11-5-4-10(3)18-11/h4-7,9H,8H2,1-3H3,(H,14,15,16). The van der Waals surface area contributed by atoms with Crippen molar-refractivity contribution < 1.29 is 9.15 Å². The Hall–Kier alpha value is -2.04. The zero-order valence-electron chi connectivity index (χ0n) is 10.8. The van der Waals surface area contributed by atoms with Gasteiger partial charge < -0.3 is 14.5 Å². The minimum absolute atomic E-state index is 0.0977. The van der Waals surface area contributed by atoms with E-state index in [1.165, 1.54) is 0 Å². The van der Waals surface area contributed by atoms with E-state index in [9.17, 15) is 0 Å². The molecule has 5 heteroatoms. The number of ether oxygens (including phenoxy) is 1. The third-order valence-electron chi connectivity index (χ3n) is 2.20. The molecule has 0 aliphatic carbocycles. The summed E-state index contributed by atoms with van der Waals surface area (Å²) in [6.07, 6.45) is 1.76. The van der Waals surface area contributed by atoms with Crippen LogP contribution in [0, 0.1) is 6.92 Å². The van der Waals surface area contributed by atoms with Gasteiger partial charge in [0.15, 0.2) is 0 Å². The van der Waals surface area contributed by atoms with E-state index in [0.29, 0.717) is 18.4 Å². The SMILES string of the molecule is Cc1ccc(CNc2nccc(OC(C)C)n2)o1. The van der Waals surface area contributed by atoms with E-state index in [2.05, 4.69) is 15.3 Å². The molecule has 0 bridgehead atoms. The van der Waals surface area contributed by atoms with Gasteiger partial charge in [0.25, 0.3) is 0 Å². The molecule has 0 radical (unpaired) electrons. The minimum atomic E-state index is 0.0977. The summed E-state index contributed by atoms with van der Waals surface area (Å²) in [5.74, 6) is 2.84. The summed E-state index contributed by atoms with van der Waals surface area (Å²) < 4.78 is 10.9. The lowest BCUT2D eigenvalue weighted by Gasteiger charge is -2.09. The zero-order chi connectivity index (χ0) is 13.0. The Morgan fingerprint density at radius 1 is 1.33 bits per heavy atom. The van der Waals surface area contributed by atoms with Crippen molar-refractivity contribution in [1.29, 1.82) is 0 Å². The molecule has 0 aliphatic heterocycles. The molecule has 0 aromatic carbocycles. The monoisotopic (exact) mass is 247 g/mol. The summed E-state index contributed by atoms with van der Waals surface area (Å²) in [5.41, 5.74) is 0. The highest BCUT2D eigenvalue weighted by Crippen LogP contribution is 2.12. The van der Waals surface area contributed by atoms with Gasteiger partial charge in [-0.25, -0.2) is 4.98 Å². The van der Waals surface area contributed by atoms with Gasteiger partial charge in [0.2, 0.25) is 11.8 Å². The highest BCUT2D eigenvalue weighted by molar-refractivity contribution is 5.28. The Kier molecular flexibility index (Phi) is 3.82. The van der Waals surface area contributed by atoms with Gasteiger partial charge in [0, 0.05) is 12.3 Å². The van der Waals surface area contributed by atoms with Gasteiger partial charge in [0.1, 0.15) is 11.5 Å². The molecule has 0 saturated heterocycles. The molecule has 5 nitrogen and oxygen atoms in total. The Bertz CT molecular complexity index is 508. The molecule has 96 valence electrons. The van der Waals surface area contributed by atoms with Crippen LogP contribution in [0.15, 0.2) is 28.8 Å². The quantitative estimate of drug-likeness (QED) is 0.880. The fourth-order valence-electron chi connectivity index (χ4n) is 1.48. The van der Waals surface area contributed by atoms with Crippen LogP contribution >= 0.6 is 0 Å². The second kappa shape index (κ2) is 5.53. The Labute approximate surface area is 106 Å². The van der Waals surface area contributed by atoms with Crippen molar-refractivity contribution in [2.75, 3.05) is 5.32 Å². The molecule has 0 amide bonds. The number of nitrogens with zero attached hydrogens (tertiary/aromatic N) is 2. The summed E-state index contributed by atoms with van der Waals surface area (Å²) in [5, 5.41) is 3.09. The fourth-order valence-corrected chi connectivity index (χ4v) is 1.48. The molecule has 2 aromatic heterocycles. The number of aryl methyl sites for hydroxylation is 1. The van der Waals surface area contributed by atoms with E-state index in [-0.39, 0.29) is 6.10 Å². The van der Waals surface area contributed by atoms with Crippen molar-refractivity contribution >= 4 is 5.95 Å². The first kappa shape index (κ1) is 12.4. The number of hydrogen-bond acceptors (Lipinski definition) is 5. The average molecular weight is 247 g/mol. The third kappa shape index (κ3) is 3.48. The molecule has 2 rings (SSSR count). The van der Waals surface area contributed by atoms with E-state index < -0.39 is 0 Å². The van der Waals surface area contributed by atoms with Gasteiger partial charge in [-0.3, -0.25) is 0 Å². The summed E-state index contributed by atoms with van der Waals surface area (Å²) in [6, 6.07) is 5.59. The maximum absolute atomic E-state index is 5.50. The van der Waals surface area contributed by atoms with Crippen LogP contribution < -0.4 is 10.1 Å². The average Bonchev–Trinajstić information content (AvgIpc) is 2.72. The van der Waals surface area contributed by atoms with Crippen LogP contribution in [0.5, 0.6) is 5.88 Å². The zero-order valence-corrected chi connectivity index (χ0v) is 10.8. The highest BCUT2D eigenvalue weighted by Gasteiger charge is 2.03. The number of furan rings is 1. The van der Waals surface area contributed by atoms with Crippen molar-refractivity contribution in [3.63, 3.8) is 0 Å². The van der Waals surface area contributed by atoms with Crippen LogP contribution in [0.2, 0.25) is 0 Å². The molecule has 0 aliphatic rings. The predicted octanol–water partition coefficient (Wildman–Crippen LogP) is 2.78. The number of hydrogen-bond donors (Lipinski definition) is 1. The van der Waals surface area contributed by atoms with Crippen LogP contribution in [-0.4, -0.2) is 16.1 Å². The lowest BCUT2D eigenvalue weighted by molar-refractivity contribution is 0.232. The van der Waals surface area contributed by atoms with Crippen LogP contribution in [0.4, 0.5) is 5.95 Å². The summed E-state index contributed by atoms with van der Waals surface area (Å²) in [6.45, 7) is 6.39. The van der Waals surface area contributed by atoms with Crippen LogP contribution in [-0.2, 0) is 6.54 Å². The Morgan fingerprint density at radius 2 is 2.17 bits per heavy atom. The van der Waals surface area contributed by atoms with Gasteiger partial charge in [-0.05, 0) is 32.9 Å². The van der Waals surface area contributed by atoms with E-state index in [4.69, 9.17) is 9.15 Å². The molecule has 0 unspecified atom stereocenters. The summed E-state index contributed by atoms with van der Waals surface area (Å²) in [7, 11) is 0. The Balaban J connectivity index is 1.96. The topological polar surface area (TPSA) is 60.2 Å². The molecule has 0 spiro atoms. The minimum Gasteiger partial charge on any atom is -0.475 e. The molecule has 18 heavy (non-hydrogen) atoms. The maximum Gasteiger partial charge on any atom is 0.226 e. The van der Waals surface area contributed by atoms with Gasteiger partial charge in [-0.2, -0.15) is 4.98 Å². The van der Waals surface area contributed by atoms with Crippen molar-refractivity contribution in [3.05, 3.63) is 35.9 Å². The number of rotatable bonds is 5. The smallest absolute Gasteiger partial charge is 0.226 e. The lowest BCUT2D eigenvalue weighted by Crippen LogP contribution is -2.09. The Morgan fingerprint density at radius 3 is 2.83 bits per heavy atom. The van der Waals surface area contributed by atoms with E-state index in [0.717, 1.165) is 11.5 Å². The third-order valence-corrected chi connectivity index (χ3v) is 2.20. The van der Waals surface area contributed by atoms with Crippen molar-refractivity contribution in [2.45, 2.75) is 33.4 Å². The first-order valence-electron chi connectivity index (χ1n) is 5.92. The molecule has 0 fully saturated rings. The first-order valence-corrected chi connectivity index (χ1v) is 5.92. The molecule has 0 saturated carbocycles. The van der Waals surface area contributed by atoms with E-state index in [1.54, 1.807) is 12.3 Å². The van der Waals surface area contributed by atoms with Gasteiger partial charge in [-0.15, -0.1) is 0 Å². The number of anilines is 1. The van der Waals surface area contributed by atoms with Gasteiger partial charge in [-0.1, -0.05) is 0 Å². The van der Waals surface area contributed by atoms with Crippen molar-refractivity contribution in [3.8, 4) is 5.88 Å². The molecular formula is C13H17N3O2. The largest absolute Gasteiger partial charge is 0.475 e. The lowest BCUT2D eigenvalue weighted by atomic mass is 10.4. The first-order chi connectivity index (χ1) is 8.63. The van der Waals surface area contributed by atoms with Gasteiger partial charge >= 0.3 is 0 Å². The predicted molar refractivity (Wildman–Crippen MR) is 68.6 cm³/mol. The van der Waals surface area contributed by atoms with Crippen LogP contribution in [0.3, 0.4) is 0 Å². The van der Waals surface area contributed by atoms with Crippen LogP contribution in [0.25, 0.3) is 0 Å². The summed E-state index contributed by atoms with van der Waals surface area (Å²) in [4.78, 5) is 8.37. The van der Waals surface area contributed by atoms with E-state index >= 15 is 0 Å². The second-order valence-corrected chi connectivity index (χ2v) is 4.25.